The average molecular weight is 320 g/mol. The standard InChI is InChI=1S/C11H8ClF2N3O2S/c12-11(13,14)10-17-16-9(20-10)7(18)8(19)15-6-4-2-1-3-5-6/h1-5,7,18H,(H,15,19). The number of halogens is 3. The van der Waals surface area contributed by atoms with Crippen LogP contribution >= 0.6 is 22.9 Å². The van der Waals surface area contributed by atoms with E-state index in [0.29, 0.717) is 17.0 Å². The maximum Gasteiger partial charge on any atom is 0.375 e. The number of hydrogen-bond acceptors (Lipinski definition) is 5. The van der Waals surface area contributed by atoms with Crippen LogP contribution in [-0.2, 0) is 10.2 Å². The molecule has 0 fully saturated rings. The van der Waals surface area contributed by atoms with Crippen molar-refractivity contribution in [1.29, 1.82) is 0 Å². The lowest BCUT2D eigenvalue weighted by atomic mass is 10.3. The number of nitrogens with zero attached hydrogens (tertiary/aromatic N) is 2. The van der Waals surface area contributed by atoms with Crippen molar-refractivity contribution in [1.82, 2.24) is 10.2 Å². The molecule has 2 rings (SSSR count). The van der Waals surface area contributed by atoms with Gasteiger partial charge in [0.05, 0.1) is 0 Å². The first kappa shape index (κ1) is 14.8. The Bertz CT molecular complexity index is 603. The number of para-hydroxylation sites is 1. The van der Waals surface area contributed by atoms with E-state index in [1.165, 1.54) is 0 Å². The number of amides is 1. The molecule has 1 unspecified atom stereocenters. The number of carbonyl (C=O) groups excluding carboxylic acids is 1. The molecule has 0 aliphatic heterocycles. The van der Waals surface area contributed by atoms with Crippen molar-refractivity contribution in [3.05, 3.63) is 40.3 Å². The minimum Gasteiger partial charge on any atom is -0.376 e. The minimum atomic E-state index is -3.68. The van der Waals surface area contributed by atoms with Crippen molar-refractivity contribution in [2.45, 2.75) is 11.5 Å². The van der Waals surface area contributed by atoms with E-state index in [1.54, 1.807) is 30.3 Å². The maximum atomic E-state index is 12.8. The number of hydrogen-bond donors (Lipinski definition) is 2. The van der Waals surface area contributed by atoms with Crippen LogP contribution in [0.5, 0.6) is 0 Å². The largest absolute Gasteiger partial charge is 0.376 e. The zero-order valence-corrected chi connectivity index (χ0v) is 11.3. The Morgan fingerprint density at radius 3 is 2.55 bits per heavy atom. The van der Waals surface area contributed by atoms with Gasteiger partial charge in [-0.2, -0.15) is 8.78 Å². The number of aliphatic hydroxyl groups is 1. The highest BCUT2D eigenvalue weighted by Gasteiger charge is 2.34. The highest BCUT2D eigenvalue weighted by molar-refractivity contribution is 7.11. The zero-order chi connectivity index (χ0) is 14.8. The Morgan fingerprint density at radius 2 is 2.00 bits per heavy atom. The summed E-state index contributed by atoms with van der Waals surface area (Å²) in [6.07, 6.45) is -1.69. The van der Waals surface area contributed by atoms with Gasteiger partial charge in [-0.3, -0.25) is 4.79 Å². The van der Waals surface area contributed by atoms with Crippen LogP contribution in [0.2, 0.25) is 0 Å². The van der Waals surface area contributed by atoms with E-state index in [4.69, 9.17) is 11.6 Å². The highest BCUT2D eigenvalue weighted by Crippen LogP contribution is 2.35. The summed E-state index contributed by atoms with van der Waals surface area (Å²) in [6, 6.07) is 8.37. The second-order valence-corrected chi connectivity index (χ2v) is 5.18. The number of anilines is 1. The third kappa shape index (κ3) is 3.47. The summed E-state index contributed by atoms with van der Waals surface area (Å²) >= 11 is 5.15. The monoisotopic (exact) mass is 319 g/mol. The van der Waals surface area contributed by atoms with Crippen LogP contribution in [-0.4, -0.2) is 21.2 Å². The van der Waals surface area contributed by atoms with E-state index in [2.05, 4.69) is 15.5 Å². The molecule has 1 aromatic heterocycles. The molecular formula is C11H8ClF2N3O2S. The molecule has 0 radical (unpaired) electrons. The molecule has 9 heteroatoms. The third-order valence-corrected chi connectivity index (χ3v) is 3.54. The van der Waals surface area contributed by atoms with Gasteiger partial charge in [-0.1, -0.05) is 29.5 Å². The first-order valence-electron chi connectivity index (χ1n) is 5.32. The van der Waals surface area contributed by atoms with Gasteiger partial charge in [0, 0.05) is 5.69 Å². The maximum absolute atomic E-state index is 12.8. The molecule has 2 N–H and O–H groups in total. The average Bonchev–Trinajstić information content (AvgIpc) is 2.88. The van der Waals surface area contributed by atoms with E-state index in [9.17, 15) is 18.7 Å². The second-order valence-electron chi connectivity index (χ2n) is 3.70. The Balaban J connectivity index is 2.09. The van der Waals surface area contributed by atoms with Crippen molar-refractivity contribution >= 4 is 34.5 Å². The Hall–Kier alpha value is -1.64. The van der Waals surface area contributed by atoms with E-state index in [-0.39, 0.29) is 5.01 Å². The summed E-state index contributed by atoms with van der Waals surface area (Å²) in [4.78, 5) is 11.7. The van der Waals surface area contributed by atoms with E-state index >= 15 is 0 Å². The van der Waals surface area contributed by atoms with E-state index < -0.39 is 22.4 Å². The quantitative estimate of drug-likeness (QED) is 0.849. The highest BCUT2D eigenvalue weighted by atomic mass is 35.5. The van der Waals surface area contributed by atoms with Crippen LogP contribution in [0.25, 0.3) is 0 Å². The number of carbonyl (C=O) groups is 1. The number of alkyl halides is 3. The van der Waals surface area contributed by atoms with Gasteiger partial charge in [-0.05, 0) is 23.7 Å². The smallest absolute Gasteiger partial charge is 0.375 e. The predicted octanol–water partition coefficient (Wildman–Crippen LogP) is 2.50. The van der Waals surface area contributed by atoms with Gasteiger partial charge >= 0.3 is 5.38 Å². The van der Waals surface area contributed by atoms with Crippen molar-refractivity contribution in [2.24, 2.45) is 0 Å². The molecule has 20 heavy (non-hydrogen) atoms. The van der Waals surface area contributed by atoms with Gasteiger partial charge < -0.3 is 10.4 Å². The molecule has 1 atom stereocenters. The predicted molar refractivity (Wildman–Crippen MR) is 69.7 cm³/mol. The topological polar surface area (TPSA) is 75.1 Å². The minimum absolute atomic E-state index is 0.256. The van der Waals surface area contributed by atoms with Crippen LogP contribution in [0.4, 0.5) is 14.5 Å². The summed E-state index contributed by atoms with van der Waals surface area (Å²) in [5, 5.41) is 13.9. The first-order valence-corrected chi connectivity index (χ1v) is 6.52. The lowest BCUT2D eigenvalue weighted by Gasteiger charge is -2.08. The molecule has 0 saturated heterocycles. The number of rotatable bonds is 4. The molecule has 0 bridgehead atoms. The molecule has 0 aliphatic rings. The molecule has 1 heterocycles. The van der Waals surface area contributed by atoms with Gasteiger partial charge in [0.25, 0.3) is 5.91 Å². The molecule has 0 saturated carbocycles. The van der Waals surface area contributed by atoms with Gasteiger partial charge in [0.2, 0.25) is 5.01 Å². The zero-order valence-electron chi connectivity index (χ0n) is 9.76. The summed E-state index contributed by atoms with van der Waals surface area (Å²) in [7, 11) is 0. The Kier molecular flexibility index (Phi) is 4.26. The number of benzene rings is 1. The first-order chi connectivity index (χ1) is 9.38. The summed E-state index contributed by atoms with van der Waals surface area (Å²) in [5.74, 6) is -0.795. The molecular weight excluding hydrogens is 312 g/mol. The second kappa shape index (κ2) is 5.78. The van der Waals surface area contributed by atoms with Crippen LogP contribution in [0.15, 0.2) is 30.3 Å². The Labute approximate surface area is 121 Å². The molecule has 0 spiro atoms. The SMILES string of the molecule is O=C(Nc1ccccc1)C(O)c1nnc(C(F)(F)Cl)s1. The molecule has 2 aromatic rings. The lowest BCUT2D eigenvalue weighted by Crippen LogP contribution is -2.20. The molecule has 1 aromatic carbocycles. The lowest BCUT2D eigenvalue weighted by molar-refractivity contribution is -0.124. The van der Waals surface area contributed by atoms with Crippen LogP contribution in [0.1, 0.15) is 16.1 Å². The Morgan fingerprint density at radius 1 is 1.35 bits per heavy atom. The number of nitrogens with one attached hydrogen (secondary N) is 1. The van der Waals surface area contributed by atoms with Gasteiger partial charge in [0.15, 0.2) is 11.1 Å². The van der Waals surface area contributed by atoms with Gasteiger partial charge in [0.1, 0.15) is 0 Å². The molecule has 106 valence electrons. The van der Waals surface area contributed by atoms with Gasteiger partial charge in [-0.25, -0.2) is 0 Å². The summed E-state index contributed by atoms with van der Waals surface area (Å²) < 4.78 is 25.5. The molecule has 1 amide bonds. The van der Waals surface area contributed by atoms with Crippen molar-refractivity contribution in [3.63, 3.8) is 0 Å². The molecule has 5 nitrogen and oxygen atoms in total. The fourth-order valence-corrected chi connectivity index (χ4v) is 2.15. The van der Waals surface area contributed by atoms with E-state index in [0.717, 1.165) is 0 Å². The van der Waals surface area contributed by atoms with Crippen molar-refractivity contribution in [2.75, 3.05) is 5.32 Å². The number of aromatic nitrogens is 2. The summed E-state index contributed by atoms with van der Waals surface area (Å²) in [6.45, 7) is 0. The normalized spacial score (nSPS) is 13.0. The fraction of sp³-hybridized carbons (Fsp3) is 0.182. The van der Waals surface area contributed by atoms with Crippen LogP contribution in [0, 0.1) is 0 Å². The molecule has 0 aliphatic carbocycles. The fourth-order valence-electron chi connectivity index (χ4n) is 1.30. The summed E-state index contributed by atoms with van der Waals surface area (Å²) in [5.41, 5.74) is 0.462. The van der Waals surface area contributed by atoms with Crippen LogP contribution in [0.3, 0.4) is 0 Å². The van der Waals surface area contributed by atoms with Crippen LogP contribution < -0.4 is 5.32 Å². The van der Waals surface area contributed by atoms with Gasteiger partial charge in [-0.15, -0.1) is 10.2 Å². The number of aliphatic hydroxyl groups excluding tert-OH is 1. The van der Waals surface area contributed by atoms with Crippen molar-refractivity contribution in [3.8, 4) is 0 Å². The van der Waals surface area contributed by atoms with E-state index in [1.807, 2.05) is 0 Å². The van der Waals surface area contributed by atoms with Crippen molar-refractivity contribution < 1.29 is 18.7 Å². The third-order valence-electron chi connectivity index (χ3n) is 2.21.